The van der Waals surface area contributed by atoms with E-state index in [4.69, 9.17) is 4.74 Å². The van der Waals surface area contributed by atoms with Crippen molar-refractivity contribution in [2.75, 3.05) is 13.2 Å². The van der Waals surface area contributed by atoms with E-state index in [0.29, 0.717) is 18.3 Å². The van der Waals surface area contributed by atoms with Crippen molar-refractivity contribution in [3.63, 3.8) is 0 Å². The second-order valence-corrected chi connectivity index (χ2v) is 6.31. The molecule has 21 heavy (non-hydrogen) atoms. The number of sulfonamides is 1. The molecule has 0 aromatic heterocycles. The van der Waals surface area contributed by atoms with Crippen molar-refractivity contribution in [1.29, 1.82) is 0 Å². The van der Waals surface area contributed by atoms with Gasteiger partial charge in [-0.1, -0.05) is 18.7 Å². The van der Waals surface area contributed by atoms with E-state index in [1.54, 1.807) is 0 Å². The summed E-state index contributed by atoms with van der Waals surface area (Å²) in [6.45, 7) is 2.68. The summed E-state index contributed by atoms with van der Waals surface area (Å²) in [4.78, 5) is 5.12. The largest absolute Gasteiger partial charge is 0.493 e. The van der Waals surface area contributed by atoms with Gasteiger partial charge in [0.2, 0.25) is 0 Å². The summed E-state index contributed by atoms with van der Waals surface area (Å²) in [5, 5.41) is 0. The Kier molecular flexibility index (Phi) is 5.99. The summed E-state index contributed by atoms with van der Waals surface area (Å²) in [5.41, 5.74) is 0. The third kappa shape index (κ3) is 6.78. The SMILES string of the molecule is CC(C)COc1ccc(S(=O)(=O)NOCC(F)(F)F)cc1. The van der Waals surface area contributed by atoms with Crippen LogP contribution in [0.3, 0.4) is 0 Å². The molecular formula is C12H16F3NO4S. The zero-order valence-electron chi connectivity index (χ0n) is 11.5. The molecule has 1 rings (SSSR count). The molecule has 0 saturated carbocycles. The molecule has 1 aromatic rings. The highest BCUT2D eigenvalue weighted by Crippen LogP contribution is 2.17. The first-order valence-electron chi connectivity index (χ1n) is 6.03. The van der Waals surface area contributed by atoms with E-state index in [2.05, 4.69) is 4.84 Å². The van der Waals surface area contributed by atoms with E-state index >= 15 is 0 Å². The standard InChI is InChI=1S/C12H16F3NO4S/c1-9(2)7-19-10-3-5-11(6-4-10)21(17,18)16-20-8-12(13,14)15/h3-6,9,16H,7-8H2,1-2H3. The summed E-state index contributed by atoms with van der Waals surface area (Å²) in [5.74, 6) is 0.782. The van der Waals surface area contributed by atoms with Crippen LogP contribution in [0, 0.1) is 5.92 Å². The van der Waals surface area contributed by atoms with E-state index in [-0.39, 0.29) is 4.90 Å². The molecule has 0 spiro atoms. The van der Waals surface area contributed by atoms with Gasteiger partial charge in [-0.3, -0.25) is 4.84 Å². The molecule has 0 atom stereocenters. The van der Waals surface area contributed by atoms with Crippen LogP contribution < -0.4 is 9.62 Å². The topological polar surface area (TPSA) is 64.6 Å². The maximum Gasteiger partial charge on any atom is 0.413 e. The number of hydrogen-bond donors (Lipinski definition) is 1. The zero-order chi connectivity index (χ0) is 16.1. The molecule has 120 valence electrons. The lowest BCUT2D eigenvalue weighted by atomic mass is 10.2. The fourth-order valence-electron chi connectivity index (χ4n) is 1.21. The summed E-state index contributed by atoms with van der Waals surface area (Å²) in [7, 11) is -4.16. The Hall–Kier alpha value is -1.32. The number of alkyl halides is 3. The Bertz CT molecular complexity index is 541. The lowest BCUT2D eigenvalue weighted by Gasteiger charge is -2.11. The molecule has 1 N–H and O–H groups in total. The molecule has 0 unspecified atom stereocenters. The van der Waals surface area contributed by atoms with Crippen molar-refractivity contribution in [3.05, 3.63) is 24.3 Å². The van der Waals surface area contributed by atoms with Crippen molar-refractivity contribution < 1.29 is 31.2 Å². The van der Waals surface area contributed by atoms with Gasteiger partial charge in [0.05, 0.1) is 11.5 Å². The molecule has 0 radical (unpaired) electrons. The highest BCUT2D eigenvalue weighted by Gasteiger charge is 2.29. The van der Waals surface area contributed by atoms with Crippen LogP contribution in [0.5, 0.6) is 5.75 Å². The summed E-state index contributed by atoms with van der Waals surface area (Å²) in [6.07, 6.45) is -4.61. The summed E-state index contributed by atoms with van der Waals surface area (Å²) < 4.78 is 64.2. The maximum atomic E-state index is 11.9. The highest BCUT2D eigenvalue weighted by atomic mass is 32.2. The average Bonchev–Trinajstić information content (AvgIpc) is 2.35. The molecule has 0 aliphatic carbocycles. The number of hydrogen-bond acceptors (Lipinski definition) is 4. The van der Waals surface area contributed by atoms with Gasteiger partial charge in [-0.15, -0.1) is 0 Å². The molecule has 0 saturated heterocycles. The minimum absolute atomic E-state index is 0.221. The molecule has 0 amide bonds. The maximum absolute atomic E-state index is 11.9. The third-order valence-corrected chi connectivity index (χ3v) is 3.35. The number of ether oxygens (including phenoxy) is 1. The fraction of sp³-hybridized carbons (Fsp3) is 0.500. The Morgan fingerprint density at radius 3 is 2.24 bits per heavy atom. The molecule has 5 nitrogen and oxygen atoms in total. The van der Waals surface area contributed by atoms with Gasteiger partial charge in [0.25, 0.3) is 10.0 Å². The Morgan fingerprint density at radius 1 is 1.19 bits per heavy atom. The van der Waals surface area contributed by atoms with Crippen molar-refractivity contribution in [2.24, 2.45) is 5.92 Å². The smallest absolute Gasteiger partial charge is 0.413 e. The van der Waals surface area contributed by atoms with E-state index in [9.17, 15) is 21.6 Å². The van der Waals surface area contributed by atoms with Gasteiger partial charge < -0.3 is 4.74 Å². The van der Waals surface area contributed by atoms with Gasteiger partial charge >= 0.3 is 6.18 Å². The molecule has 0 aliphatic heterocycles. The van der Waals surface area contributed by atoms with Crippen LogP contribution >= 0.6 is 0 Å². The van der Waals surface area contributed by atoms with Crippen LogP contribution in [0.2, 0.25) is 0 Å². The second-order valence-electron chi connectivity index (χ2n) is 4.67. The quantitative estimate of drug-likeness (QED) is 0.782. The van der Waals surface area contributed by atoms with Gasteiger partial charge in [0.1, 0.15) is 5.75 Å². The third-order valence-electron chi connectivity index (χ3n) is 2.12. The van der Waals surface area contributed by atoms with Gasteiger partial charge in [0.15, 0.2) is 6.61 Å². The molecular weight excluding hydrogens is 311 g/mol. The van der Waals surface area contributed by atoms with E-state index in [0.717, 1.165) is 0 Å². The van der Waals surface area contributed by atoms with Gasteiger partial charge in [0, 0.05) is 0 Å². The van der Waals surface area contributed by atoms with Crippen molar-refractivity contribution in [2.45, 2.75) is 24.9 Å². The molecule has 0 aliphatic rings. The fourth-order valence-corrected chi connectivity index (χ4v) is 2.02. The van der Waals surface area contributed by atoms with Gasteiger partial charge in [-0.25, -0.2) is 8.42 Å². The summed E-state index contributed by atoms with van der Waals surface area (Å²) >= 11 is 0. The van der Waals surface area contributed by atoms with Gasteiger partial charge in [-0.05, 0) is 30.2 Å². The molecule has 0 bridgehead atoms. The van der Waals surface area contributed by atoms with Crippen molar-refractivity contribution in [3.8, 4) is 5.75 Å². The molecule has 9 heteroatoms. The Balaban J connectivity index is 2.63. The minimum atomic E-state index is -4.61. The van der Waals surface area contributed by atoms with E-state index in [1.165, 1.54) is 29.2 Å². The second kappa shape index (κ2) is 7.10. The number of benzene rings is 1. The van der Waals surface area contributed by atoms with Crippen molar-refractivity contribution >= 4 is 10.0 Å². The van der Waals surface area contributed by atoms with E-state index in [1.807, 2.05) is 13.8 Å². The first-order chi connectivity index (χ1) is 9.60. The molecule has 0 heterocycles. The first-order valence-corrected chi connectivity index (χ1v) is 7.52. The minimum Gasteiger partial charge on any atom is -0.493 e. The predicted octanol–water partition coefficient (Wildman–Crippen LogP) is 2.49. The number of rotatable bonds is 7. The predicted molar refractivity (Wildman–Crippen MR) is 69.1 cm³/mol. The molecule has 1 aromatic carbocycles. The lowest BCUT2D eigenvalue weighted by molar-refractivity contribution is -0.181. The lowest BCUT2D eigenvalue weighted by Crippen LogP contribution is -2.29. The number of halogens is 3. The monoisotopic (exact) mass is 327 g/mol. The van der Waals surface area contributed by atoms with Crippen LogP contribution in [0.15, 0.2) is 29.2 Å². The Morgan fingerprint density at radius 2 is 1.76 bits per heavy atom. The Labute approximate surface area is 121 Å². The number of nitrogens with one attached hydrogen (secondary N) is 1. The summed E-state index contributed by atoms with van der Waals surface area (Å²) in [6, 6.07) is 5.27. The van der Waals surface area contributed by atoms with Crippen LogP contribution in [-0.4, -0.2) is 27.8 Å². The molecule has 0 fully saturated rings. The van der Waals surface area contributed by atoms with Crippen LogP contribution in [0.1, 0.15) is 13.8 Å². The van der Waals surface area contributed by atoms with Gasteiger partial charge in [-0.2, -0.15) is 13.2 Å². The van der Waals surface area contributed by atoms with E-state index < -0.39 is 22.8 Å². The van der Waals surface area contributed by atoms with Crippen molar-refractivity contribution in [1.82, 2.24) is 4.89 Å². The highest BCUT2D eigenvalue weighted by molar-refractivity contribution is 7.89. The van der Waals surface area contributed by atoms with Crippen LogP contribution in [-0.2, 0) is 14.9 Å². The normalized spacial score (nSPS) is 12.7. The van der Waals surface area contributed by atoms with Crippen LogP contribution in [0.25, 0.3) is 0 Å². The first kappa shape index (κ1) is 17.7. The zero-order valence-corrected chi connectivity index (χ0v) is 12.3. The van der Waals surface area contributed by atoms with Crippen LogP contribution in [0.4, 0.5) is 13.2 Å². The average molecular weight is 327 g/mol.